The van der Waals surface area contributed by atoms with Gasteiger partial charge in [0.25, 0.3) is 0 Å². The highest BCUT2D eigenvalue weighted by atomic mass is 32.1. The van der Waals surface area contributed by atoms with Crippen LogP contribution in [0.1, 0.15) is 33.6 Å². The van der Waals surface area contributed by atoms with Crippen LogP contribution in [0.3, 0.4) is 0 Å². The van der Waals surface area contributed by atoms with E-state index in [1.165, 1.54) is 0 Å². The summed E-state index contributed by atoms with van der Waals surface area (Å²) in [4.78, 5) is 17.2. The molecule has 1 saturated heterocycles. The van der Waals surface area contributed by atoms with Gasteiger partial charge in [0.05, 0.1) is 11.0 Å². The molecule has 1 saturated carbocycles. The first kappa shape index (κ1) is 14.7. The average Bonchev–Trinajstić information content (AvgIpc) is 2.99. The van der Waals surface area contributed by atoms with E-state index in [1.807, 2.05) is 4.90 Å². The molecule has 1 aliphatic carbocycles. The van der Waals surface area contributed by atoms with E-state index in [1.54, 1.807) is 0 Å². The zero-order valence-electron chi connectivity index (χ0n) is 12.2. The molecule has 2 fully saturated rings. The molecule has 2 rings (SSSR count). The van der Waals surface area contributed by atoms with Crippen LogP contribution in [0.2, 0.25) is 0 Å². The van der Waals surface area contributed by atoms with Crippen LogP contribution in [0.25, 0.3) is 0 Å². The molecule has 0 aromatic rings. The Balaban J connectivity index is 1.86. The smallest absolute Gasteiger partial charge is 0.226 e. The Bertz CT molecular complexity index is 375. The van der Waals surface area contributed by atoms with Crippen LogP contribution in [0, 0.1) is 11.3 Å². The number of piperazine rings is 1. The lowest BCUT2D eigenvalue weighted by atomic mass is 10.1. The largest absolute Gasteiger partial charge is 0.392 e. The van der Waals surface area contributed by atoms with Crippen molar-refractivity contribution in [2.75, 3.05) is 26.2 Å². The standard InChI is InChI=1S/C14H25N3OS/c1-4-11(12(15)19)16-5-7-17(8-6-16)13(18)10-9-14(10,2)3/h10-11H,4-9H2,1-3H3,(H2,15,19). The van der Waals surface area contributed by atoms with E-state index in [-0.39, 0.29) is 17.4 Å². The Morgan fingerprint density at radius 3 is 2.26 bits per heavy atom. The summed E-state index contributed by atoms with van der Waals surface area (Å²) < 4.78 is 0. The molecule has 1 amide bonds. The molecule has 4 nitrogen and oxygen atoms in total. The second-order valence-electron chi connectivity index (χ2n) is 6.43. The van der Waals surface area contributed by atoms with Crippen LogP contribution in [-0.2, 0) is 4.79 Å². The number of rotatable bonds is 4. The molecule has 0 spiro atoms. The maximum atomic E-state index is 12.3. The second kappa shape index (κ2) is 5.37. The van der Waals surface area contributed by atoms with Crippen molar-refractivity contribution in [2.45, 2.75) is 39.7 Å². The molecule has 108 valence electrons. The molecular formula is C14H25N3OS. The van der Waals surface area contributed by atoms with Crippen LogP contribution >= 0.6 is 12.2 Å². The summed E-state index contributed by atoms with van der Waals surface area (Å²) in [5.41, 5.74) is 6.00. The van der Waals surface area contributed by atoms with Gasteiger partial charge in [0.1, 0.15) is 0 Å². The molecule has 2 aliphatic rings. The van der Waals surface area contributed by atoms with E-state index in [0.717, 1.165) is 39.0 Å². The van der Waals surface area contributed by atoms with Crippen molar-refractivity contribution in [1.82, 2.24) is 9.80 Å². The van der Waals surface area contributed by atoms with E-state index in [2.05, 4.69) is 25.7 Å². The van der Waals surface area contributed by atoms with Crippen LogP contribution in [-0.4, -0.2) is 52.9 Å². The minimum atomic E-state index is 0.185. The topological polar surface area (TPSA) is 49.6 Å². The fraction of sp³-hybridized carbons (Fsp3) is 0.857. The fourth-order valence-electron chi connectivity index (χ4n) is 3.00. The van der Waals surface area contributed by atoms with E-state index in [4.69, 9.17) is 18.0 Å². The first-order valence-electron chi connectivity index (χ1n) is 7.19. The van der Waals surface area contributed by atoms with Crippen LogP contribution in [0.5, 0.6) is 0 Å². The molecule has 0 aromatic carbocycles. The predicted octanol–water partition coefficient (Wildman–Crippen LogP) is 1.24. The normalized spacial score (nSPS) is 27.9. The van der Waals surface area contributed by atoms with Crippen LogP contribution < -0.4 is 5.73 Å². The zero-order valence-corrected chi connectivity index (χ0v) is 13.0. The molecular weight excluding hydrogens is 258 g/mol. The van der Waals surface area contributed by atoms with Gasteiger partial charge in [-0.05, 0) is 18.3 Å². The van der Waals surface area contributed by atoms with E-state index < -0.39 is 0 Å². The number of carbonyl (C=O) groups excluding carboxylic acids is 1. The first-order valence-corrected chi connectivity index (χ1v) is 7.60. The van der Waals surface area contributed by atoms with Crippen molar-refractivity contribution in [3.8, 4) is 0 Å². The average molecular weight is 283 g/mol. The minimum absolute atomic E-state index is 0.185. The summed E-state index contributed by atoms with van der Waals surface area (Å²) in [7, 11) is 0. The van der Waals surface area contributed by atoms with E-state index >= 15 is 0 Å². The Hall–Kier alpha value is -0.680. The predicted molar refractivity (Wildman–Crippen MR) is 80.9 cm³/mol. The van der Waals surface area contributed by atoms with Crippen molar-refractivity contribution in [2.24, 2.45) is 17.1 Å². The third kappa shape index (κ3) is 3.08. The molecule has 0 aromatic heterocycles. The van der Waals surface area contributed by atoms with Gasteiger partial charge < -0.3 is 10.6 Å². The summed E-state index contributed by atoms with van der Waals surface area (Å²) in [6.45, 7) is 9.84. The molecule has 1 aliphatic heterocycles. The maximum Gasteiger partial charge on any atom is 0.226 e. The number of hydrogen-bond acceptors (Lipinski definition) is 3. The number of hydrogen-bond donors (Lipinski definition) is 1. The van der Waals surface area contributed by atoms with Gasteiger partial charge in [0.2, 0.25) is 5.91 Å². The van der Waals surface area contributed by atoms with Crippen molar-refractivity contribution in [1.29, 1.82) is 0 Å². The number of amides is 1. The number of nitrogens with zero attached hydrogens (tertiary/aromatic N) is 2. The first-order chi connectivity index (χ1) is 8.86. The Kier molecular flexibility index (Phi) is 4.16. The fourth-order valence-corrected chi connectivity index (χ4v) is 3.32. The monoisotopic (exact) mass is 283 g/mol. The van der Waals surface area contributed by atoms with Gasteiger partial charge >= 0.3 is 0 Å². The summed E-state index contributed by atoms with van der Waals surface area (Å²) in [6.07, 6.45) is 1.98. The Labute approximate surface area is 121 Å². The van der Waals surface area contributed by atoms with E-state index in [0.29, 0.717) is 10.9 Å². The summed E-state index contributed by atoms with van der Waals surface area (Å²) in [5.74, 6) is 0.588. The van der Waals surface area contributed by atoms with Gasteiger partial charge in [0.15, 0.2) is 0 Å². The van der Waals surface area contributed by atoms with Gasteiger partial charge in [-0.2, -0.15) is 0 Å². The highest BCUT2D eigenvalue weighted by Gasteiger charge is 2.52. The summed E-state index contributed by atoms with van der Waals surface area (Å²) in [6, 6.07) is 0.185. The third-order valence-electron chi connectivity index (χ3n) is 4.59. The van der Waals surface area contributed by atoms with Crippen molar-refractivity contribution in [3.63, 3.8) is 0 Å². The van der Waals surface area contributed by atoms with E-state index in [9.17, 15) is 4.79 Å². The lowest BCUT2D eigenvalue weighted by Crippen LogP contribution is -2.55. The Morgan fingerprint density at radius 1 is 1.37 bits per heavy atom. The summed E-state index contributed by atoms with van der Waals surface area (Å²) >= 11 is 5.12. The van der Waals surface area contributed by atoms with Crippen LogP contribution in [0.4, 0.5) is 0 Å². The SMILES string of the molecule is CCC(C(N)=S)N1CCN(C(=O)C2CC2(C)C)CC1. The molecule has 1 heterocycles. The summed E-state index contributed by atoms with van der Waals surface area (Å²) in [5, 5.41) is 0. The van der Waals surface area contributed by atoms with Gasteiger partial charge in [-0.15, -0.1) is 0 Å². The molecule has 0 radical (unpaired) electrons. The van der Waals surface area contributed by atoms with Crippen molar-refractivity contribution in [3.05, 3.63) is 0 Å². The van der Waals surface area contributed by atoms with Crippen molar-refractivity contribution < 1.29 is 4.79 Å². The lowest BCUT2D eigenvalue weighted by Gasteiger charge is -2.38. The van der Waals surface area contributed by atoms with Gasteiger partial charge in [0, 0.05) is 32.1 Å². The quantitative estimate of drug-likeness (QED) is 0.789. The highest BCUT2D eigenvalue weighted by molar-refractivity contribution is 7.80. The second-order valence-corrected chi connectivity index (χ2v) is 6.90. The Morgan fingerprint density at radius 2 is 1.89 bits per heavy atom. The molecule has 2 unspecified atom stereocenters. The minimum Gasteiger partial charge on any atom is -0.392 e. The number of nitrogens with two attached hydrogens (primary N) is 1. The maximum absolute atomic E-state index is 12.3. The zero-order chi connectivity index (χ0) is 14.2. The molecule has 5 heteroatoms. The third-order valence-corrected chi connectivity index (χ3v) is 4.87. The van der Waals surface area contributed by atoms with Gasteiger partial charge in [-0.1, -0.05) is 33.0 Å². The van der Waals surface area contributed by atoms with Gasteiger partial charge in [-0.25, -0.2) is 0 Å². The number of carbonyl (C=O) groups is 1. The molecule has 2 atom stereocenters. The molecule has 2 N–H and O–H groups in total. The van der Waals surface area contributed by atoms with Crippen LogP contribution in [0.15, 0.2) is 0 Å². The lowest BCUT2D eigenvalue weighted by molar-refractivity contribution is -0.135. The molecule has 0 bridgehead atoms. The van der Waals surface area contributed by atoms with Gasteiger partial charge in [-0.3, -0.25) is 9.69 Å². The van der Waals surface area contributed by atoms with Crippen molar-refractivity contribution >= 4 is 23.1 Å². The highest BCUT2D eigenvalue weighted by Crippen LogP contribution is 2.52. The molecule has 19 heavy (non-hydrogen) atoms. The number of thiocarbonyl (C=S) groups is 1.